The number of imidazole rings is 1. The number of fused-ring (bicyclic) bond motifs is 5. The first-order valence-electron chi connectivity index (χ1n) is 6.10. The van der Waals surface area contributed by atoms with Gasteiger partial charge in [-0.05, 0) is 45.8 Å². The predicted octanol–water partition coefficient (Wildman–Crippen LogP) is 3.68. The summed E-state index contributed by atoms with van der Waals surface area (Å²) in [4.78, 5) is 4.74. The van der Waals surface area contributed by atoms with E-state index in [4.69, 9.17) is 9.72 Å². The number of hydrogen-bond acceptors (Lipinski definition) is 2. The molecule has 0 atom stereocenters. The van der Waals surface area contributed by atoms with Crippen LogP contribution in [-0.4, -0.2) is 16.5 Å². The summed E-state index contributed by atoms with van der Waals surface area (Å²) in [5.74, 6) is 0.879. The highest BCUT2D eigenvalue weighted by atomic mass is 79.9. The summed E-state index contributed by atoms with van der Waals surface area (Å²) < 4.78 is 8.53. The van der Waals surface area contributed by atoms with Crippen molar-refractivity contribution in [3.05, 3.63) is 52.3 Å². The average Bonchev–Trinajstić information content (AvgIpc) is 2.94. The number of benzene rings is 1. The highest BCUT2D eigenvalue weighted by Crippen LogP contribution is 2.38. The summed E-state index contributed by atoms with van der Waals surface area (Å²) in [6, 6.07) is 10.3. The third-order valence-electron chi connectivity index (χ3n) is 3.61. The molecule has 0 unspecified atom stereocenters. The van der Waals surface area contributed by atoms with E-state index in [1.54, 1.807) is 7.11 Å². The van der Waals surface area contributed by atoms with Gasteiger partial charge in [-0.1, -0.05) is 6.07 Å². The molecular weight excluding hydrogens is 304 g/mol. The lowest BCUT2D eigenvalue weighted by Crippen LogP contribution is -1.91. The number of aromatic nitrogens is 2. The van der Waals surface area contributed by atoms with E-state index in [1.807, 2.05) is 18.2 Å². The number of rotatable bonds is 1. The van der Waals surface area contributed by atoms with Gasteiger partial charge in [-0.3, -0.25) is 0 Å². The Hall–Kier alpha value is -1.81. The molecule has 0 N–H and O–H groups in total. The van der Waals surface area contributed by atoms with Gasteiger partial charge in [0, 0.05) is 22.7 Å². The summed E-state index contributed by atoms with van der Waals surface area (Å²) in [6.45, 7) is 0. The molecule has 2 heterocycles. The van der Waals surface area contributed by atoms with Crippen LogP contribution in [0, 0.1) is 0 Å². The minimum atomic E-state index is 0.879. The molecule has 0 amide bonds. The molecule has 1 aromatic carbocycles. The molecule has 2 aromatic heterocycles. The smallest absolute Gasteiger partial charge is 0.137 e. The maximum Gasteiger partial charge on any atom is 0.137 e. The van der Waals surface area contributed by atoms with E-state index in [9.17, 15) is 0 Å². The lowest BCUT2D eigenvalue weighted by molar-refractivity contribution is 0.415. The molecule has 0 bridgehead atoms. The first kappa shape index (κ1) is 11.1. The fraction of sp³-hybridized carbons (Fsp3) is 0.133. The van der Waals surface area contributed by atoms with Gasteiger partial charge in [0.05, 0.1) is 18.5 Å². The van der Waals surface area contributed by atoms with Crippen LogP contribution in [0.25, 0.3) is 16.9 Å². The monoisotopic (exact) mass is 314 g/mol. The number of hydrogen-bond donors (Lipinski definition) is 0. The summed E-state index contributed by atoms with van der Waals surface area (Å²) in [6.07, 6.45) is 3.00. The Morgan fingerprint density at radius 2 is 2.16 bits per heavy atom. The molecule has 1 aliphatic carbocycles. The van der Waals surface area contributed by atoms with Crippen molar-refractivity contribution >= 4 is 21.6 Å². The van der Waals surface area contributed by atoms with Crippen LogP contribution in [0.4, 0.5) is 0 Å². The Labute approximate surface area is 119 Å². The van der Waals surface area contributed by atoms with Gasteiger partial charge in [0.25, 0.3) is 0 Å². The van der Waals surface area contributed by atoms with Crippen molar-refractivity contribution in [2.45, 2.75) is 6.42 Å². The number of halogens is 1. The van der Waals surface area contributed by atoms with Gasteiger partial charge in [-0.15, -0.1) is 0 Å². The van der Waals surface area contributed by atoms with Crippen molar-refractivity contribution in [1.82, 2.24) is 9.38 Å². The van der Waals surface area contributed by atoms with Crippen LogP contribution >= 0.6 is 15.9 Å². The van der Waals surface area contributed by atoms with E-state index in [2.05, 4.69) is 38.7 Å². The zero-order chi connectivity index (χ0) is 13.0. The Kier molecular flexibility index (Phi) is 2.23. The quantitative estimate of drug-likeness (QED) is 0.536. The summed E-state index contributed by atoms with van der Waals surface area (Å²) in [5, 5.41) is 0. The third-order valence-corrected chi connectivity index (χ3v) is 4.08. The fourth-order valence-corrected chi connectivity index (χ4v) is 3.03. The molecule has 0 saturated carbocycles. The van der Waals surface area contributed by atoms with Gasteiger partial charge in [0.15, 0.2) is 0 Å². The Morgan fingerprint density at radius 1 is 1.26 bits per heavy atom. The maximum atomic E-state index is 5.31. The Balaban J connectivity index is 2.00. The molecular formula is C15H11BrN2O. The van der Waals surface area contributed by atoms with Gasteiger partial charge in [-0.25, -0.2) is 4.98 Å². The normalized spacial score (nSPS) is 12.5. The zero-order valence-electron chi connectivity index (χ0n) is 10.4. The van der Waals surface area contributed by atoms with Gasteiger partial charge in [0.2, 0.25) is 0 Å². The topological polar surface area (TPSA) is 26.5 Å². The van der Waals surface area contributed by atoms with Crippen molar-refractivity contribution in [1.29, 1.82) is 0 Å². The molecule has 1 aliphatic rings. The molecule has 0 saturated heterocycles. The van der Waals surface area contributed by atoms with Gasteiger partial charge >= 0.3 is 0 Å². The van der Waals surface area contributed by atoms with Gasteiger partial charge < -0.3 is 9.14 Å². The minimum Gasteiger partial charge on any atom is -0.497 e. The van der Waals surface area contributed by atoms with Gasteiger partial charge in [0.1, 0.15) is 11.4 Å². The summed E-state index contributed by atoms with van der Waals surface area (Å²) >= 11 is 3.51. The van der Waals surface area contributed by atoms with E-state index in [-0.39, 0.29) is 0 Å². The van der Waals surface area contributed by atoms with E-state index >= 15 is 0 Å². The first-order chi connectivity index (χ1) is 9.26. The van der Waals surface area contributed by atoms with Crippen LogP contribution in [0.15, 0.2) is 41.0 Å². The van der Waals surface area contributed by atoms with Crippen molar-refractivity contribution < 1.29 is 4.74 Å². The highest BCUT2D eigenvalue weighted by Gasteiger charge is 2.24. The number of nitrogens with zero attached hydrogens (tertiary/aromatic N) is 2. The van der Waals surface area contributed by atoms with E-state index in [0.717, 1.165) is 28.0 Å². The second-order valence-electron chi connectivity index (χ2n) is 4.68. The zero-order valence-corrected chi connectivity index (χ0v) is 11.9. The van der Waals surface area contributed by atoms with E-state index in [0.29, 0.717) is 0 Å². The molecule has 0 spiro atoms. The molecule has 19 heavy (non-hydrogen) atoms. The molecule has 94 valence electrons. The molecule has 0 aliphatic heterocycles. The molecule has 4 rings (SSSR count). The van der Waals surface area contributed by atoms with Crippen LogP contribution in [-0.2, 0) is 6.42 Å². The molecule has 4 heteroatoms. The van der Waals surface area contributed by atoms with E-state index in [1.165, 1.54) is 16.8 Å². The van der Waals surface area contributed by atoms with E-state index < -0.39 is 0 Å². The number of ether oxygens (including phenoxy) is 1. The molecule has 3 aromatic rings. The van der Waals surface area contributed by atoms with Crippen LogP contribution < -0.4 is 4.74 Å². The maximum absolute atomic E-state index is 5.31. The molecule has 0 radical (unpaired) electrons. The van der Waals surface area contributed by atoms with Crippen LogP contribution in [0.2, 0.25) is 0 Å². The predicted molar refractivity (Wildman–Crippen MR) is 77.7 cm³/mol. The van der Waals surface area contributed by atoms with Crippen LogP contribution in [0.5, 0.6) is 5.75 Å². The lowest BCUT2D eigenvalue weighted by Gasteiger charge is -2.03. The molecule has 3 nitrogen and oxygen atoms in total. The number of methoxy groups -OCH3 is 1. The van der Waals surface area contributed by atoms with Crippen LogP contribution in [0.1, 0.15) is 11.3 Å². The van der Waals surface area contributed by atoms with Crippen molar-refractivity contribution in [2.24, 2.45) is 0 Å². The largest absolute Gasteiger partial charge is 0.497 e. The van der Waals surface area contributed by atoms with Crippen molar-refractivity contribution in [3.63, 3.8) is 0 Å². The van der Waals surface area contributed by atoms with Gasteiger partial charge in [-0.2, -0.15) is 0 Å². The lowest BCUT2D eigenvalue weighted by atomic mass is 10.1. The fourth-order valence-electron chi connectivity index (χ4n) is 2.69. The van der Waals surface area contributed by atoms with Crippen molar-refractivity contribution in [3.8, 4) is 17.0 Å². The first-order valence-corrected chi connectivity index (χ1v) is 6.89. The minimum absolute atomic E-state index is 0.879. The number of pyridine rings is 1. The standard InChI is InChI=1S/C15H11BrN2O/c1-19-11-4-2-9-6-13-15(12(9)7-11)17-14-5-3-10(16)8-18(13)14/h2-5,7-8H,6H2,1H3. The third kappa shape index (κ3) is 1.53. The van der Waals surface area contributed by atoms with Crippen LogP contribution in [0.3, 0.4) is 0 Å². The summed E-state index contributed by atoms with van der Waals surface area (Å²) in [5.41, 5.74) is 5.81. The summed E-state index contributed by atoms with van der Waals surface area (Å²) in [7, 11) is 1.69. The second kappa shape index (κ2) is 3.84. The SMILES string of the molecule is COc1ccc2c(c1)-c1nc3ccc(Br)cn3c1C2. The second-order valence-corrected chi connectivity index (χ2v) is 5.60. The Morgan fingerprint density at radius 3 is 3.00 bits per heavy atom. The highest BCUT2D eigenvalue weighted by molar-refractivity contribution is 9.10. The Bertz CT molecular complexity index is 807. The van der Waals surface area contributed by atoms with Crippen molar-refractivity contribution in [2.75, 3.05) is 7.11 Å². The molecule has 0 fully saturated rings. The average molecular weight is 315 g/mol.